The average molecular weight is 516 g/mol. The van der Waals surface area contributed by atoms with Gasteiger partial charge in [0.15, 0.2) is 5.82 Å². The van der Waals surface area contributed by atoms with Crippen LogP contribution < -0.4 is 15.2 Å². The smallest absolute Gasteiger partial charge is 0.253 e. The Bertz CT molecular complexity index is 1420. The second-order valence-corrected chi connectivity index (χ2v) is 9.85. The first-order chi connectivity index (χ1) is 18.7. The second-order valence-electron chi connectivity index (χ2n) is 9.85. The van der Waals surface area contributed by atoms with Crippen molar-refractivity contribution in [2.24, 2.45) is 0 Å². The van der Waals surface area contributed by atoms with Crippen molar-refractivity contribution in [1.82, 2.24) is 30.1 Å². The van der Waals surface area contributed by atoms with E-state index in [0.717, 1.165) is 62.3 Å². The Balaban J connectivity index is 1.37. The quantitative estimate of drug-likeness (QED) is 0.382. The number of hydrogen-bond acceptors (Lipinski definition) is 8. The van der Waals surface area contributed by atoms with E-state index in [-0.39, 0.29) is 11.7 Å². The van der Waals surface area contributed by atoms with E-state index in [1.54, 1.807) is 0 Å². The van der Waals surface area contributed by atoms with Crippen LogP contribution in [0.25, 0.3) is 10.9 Å². The number of nitrogens with zero attached hydrogens (tertiary/aromatic N) is 6. The first-order valence-corrected chi connectivity index (χ1v) is 13.4. The van der Waals surface area contributed by atoms with Crippen molar-refractivity contribution in [3.63, 3.8) is 0 Å². The lowest BCUT2D eigenvalue weighted by Crippen LogP contribution is -2.49. The third-order valence-corrected chi connectivity index (χ3v) is 7.46. The summed E-state index contributed by atoms with van der Waals surface area (Å²) in [6, 6.07) is 17.8. The Morgan fingerprint density at radius 1 is 1.11 bits per heavy atom. The summed E-state index contributed by atoms with van der Waals surface area (Å²) < 4.78 is 13.4. The molecule has 6 rings (SSSR count). The number of piperazine rings is 1. The molecule has 1 N–H and O–H groups in total. The van der Waals surface area contributed by atoms with Crippen molar-refractivity contribution in [1.29, 1.82) is 0 Å². The van der Waals surface area contributed by atoms with Crippen LogP contribution in [0.4, 0.5) is 5.69 Å². The summed E-state index contributed by atoms with van der Waals surface area (Å²) in [5.74, 6) is 1.44. The van der Waals surface area contributed by atoms with Crippen LogP contribution in [-0.2, 0) is 11.3 Å². The van der Waals surface area contributed by atoms with E-state index in [4.69, 9.17) is 9.47 Å². The topological polar surface area (TPSA) is 101 Å². The number of para-hydroxylation sites is 1. The molecule has 4 heterocycles. The molecule has 2 aromatic heterocycles. The highest BCUT2D eigenvalue weighted by molar-refractivity contribution is 5.80. The molecule has 2 fully saturated rings. The molecule has 2 unspecified atom stereocenters. The van der Waals surface area contributed by atoms with Crippen LogP contribution >= 0.6 is 0 Å². The summed E-state index contributed by atoms with van der Waals surface area (Å²) in [6.45, 7) is 7.09. The van der Waals surface area contributed by atoms with Gasteiger partial charge in [-0.3, -0.25) is 9.69 Å². The lowest BCUT2D eigenvalue weighted by Gasteiger charge is -2.39. The van der Waals surface area contributed by atoms with Gasteiger partial charge in [-0.05, 0) is 66.6 Å². The maximum atomic E-state index is 13.5. The number of anilines is 1. The number of pyridine rings is 1. The fraction of sp³-hybridized carbons (Fsp3) is 0.429. The molecule has 0 bridgehead atoms. The zero-order valence-corrected chi connectivity index (χ0v) is 21.6. The highest BCUT2D eigenvalue weighted by Gasteiger charge is 2.33. The van der Waals surface area contributed by atoms with Gasteiger partial charge in [0.25, 0.3) is 5.56 Å². The van der Waals surface area contributed by atoms with E-state index in [9.17, 15) is 4.79 Å². The van der Waals surface area contributed by atoms with E-state index >= 15 is 0 Å². The van der Waals surface area contributed by atoms with Gasteiger partial charge >= 0.3 is 0 Å². The molecule has 4 aromatic rings. The average Bonchev–Trinajstić information content (AvgIpc) is 3.63. The van der Waals surface area contributed by atoms with Crippen molar-refractivity contribution in [3.05, 3.63) is 76.3 Å². The van der Waals surface area contributed by atoms with Crippen LogP contribution in [0.3, 0.4) is 0 Å². The minimum absolute atomic E-state index is 0.0801. The van der Waals surface area contributed by atoms with Crippen LogP contribution in [0.15, 0.2) is 59.4 Å². The molecule has 2 aliphatic heterocycles. The van der Waals surface area contributed by atoms with Crippen LogP contribution in [0.5, 0.6) is 5.75 Å². The standard InChI is InChI=1S/C28H33N7O3/c1-2-37-22-10-11-25-20(17-22)18-24(28(36)29-25)26(27-30-31-32-35(27)19-23-9-6-16-38-23)34-14-12-33(13-15-34)21-7-4-3-5-8-21/h3-5,7-8,10-11,17-18,23,26H,2,6,9,12-16,19H2,1H3,(H,29,36). The Labute approximate surface area is 221 Å². The Morgan fingerprint density at radius 3 is 2.71 bits per heavy atom. The molecule has 0 saturated carbocycles. The molecule has 2 saturated heterocycles. The van der Waals surface area contributed by atoms with Crippen LogP contribution in [-0.4, -0.2) is 75.6 Å². The first-order valence-electron chi connectivity index (χ1n) is 13.4. The highest BCUT2D eigenvalue weighted by atomic mass is 16.5. The first kappa shape index (κ1) is 24.6. The molecule has 2 aliphatic rings. The fourth-order valence-corrected chi connectivity index (χ4v) is 5.56. The number of benzene rings is 2. The maximum absolute atomic E-state index is 13.5. The third-order valence-electron chi connectivity index (χ3n) is 7.46. The minimum atomic E-state index is -0.395. The number of H-pyrrole nitrogens is 1. The molecule has 0 radical (unpaired) electrons. The number of rotatable bonds is 8. The van der Waals surface area contributed by atoms with E-state index in [1.165, 1.54) is 5.69 Å². The van der Waals surface area contributed by atoms with Gasteiger partial charge in [0.2, 0.25) is 0 Å². The van der Waals surface area contributed by atoms with E-state index in [1.807, 2.05) is 41.9 Å². The lowest BCUT2D eigenvalue weighted by molar-refractivity contribution is 0.0906. The predicted octanol–water partition coefficient (Wildman–Crippen LogP) is 3.00. The molecule has 0 spiro atoms. The number of ether oxygens (including phenoxy) is 2. The Hall–Kier alpha value is -3.76. The largest absolute Gasteiger partial charge is 0.494 e. The van der Waals surface area contributed by atoms with Crippen molar-refractivity contribution in [2.45, 2.75) is 38.5 Å². The molecule has 0 amide bonds. The van der Waals surface area contributed by atoms with Gasteiger partial charge in [0, 0.05) is 54.9 Å². The van der Waals surface area contributed by atoms with Crippen molar-refractivity contribution < 1.29 is 9.47 Å². The lowest BCUT2D eigenvalue weighted by atomic mass is 10.0. The summed E-state index contributed by atoms with van der Waals surface area (Å²) in [6.07, 6.45) is 2.10. The second kappa shape index (κ2) is 10.9. The number of fused-ring (bicyclic) bond motifs is 1. The molecule has 2 atom stereocenters. The minimum Gasteiger partial charge on any atom is -0.494 e. The number of hydrogen-bond donors (Lipinski definition) is 1. The van der Waals surface area contributed by atoms with E-state index in [0.29, 0.717) is 24.5 Å². The summed E-state index contributed by atoms with van der Waals surface area (Å²) in [5.41, 5.74) is 2.47. The van der Waals surface area contributed by atoms with Gasteiger partial charge in [0.1, 0.15) is 11.8 Å². The van der Waals surface area contributed by atoms with E-state index < -0.39 is 6.04 Å². The summed E-state index contributed by atoms with van der Waals surface area (Å²) in [5, 5.41) is 13.7. The van der Waals surface area contributed by atoms with Crippen LogP contribution in [0.1, 0.15) is 37.2 Å². The van der Waals surface area contributed by atoms with Crippen LogP contribution in [0, 0.1) is 0 Å². The number of nitrogens with one attached hydrogen (secondary N) is 1. The summed E-state index contributed by atoms with van der Waals surface area (Å²) >= 11 is 0. The molecule has 10 nitrogen and oxygen atoms in total. The highest BCUT2D eigenvalue weighted by Crippen LogP contribution is 2.30. The molecule has 38 heavy (non-hydrogen) atoms. The normalized spacial score (nSPS) is 19.2. The van der Waals surface area contributed by atoms with E-state index in [2.05, 4.69) is 54.6 Å². The molecule has 198 valence electrons. The third kappa shape index (κ3) is 5.01. The number of aromatic nitrogens is 5. The van der Waals surface area contributed by atoms with Gasteiger partial charge < -0.3 is 19.4 Å². The Kier molecular flexibility index (Phi) is 7.06. The fourth-order valence-electron chi connectivity index (χ4n) is 5.56. The maximum Gasteiger partial charge on any atom is 0.253 e. The summed E-state index contributed by atoms with van der Waals surface area (Å²) in [7, 11) is 0. The van der Waals surface area contributed by atoms with Crippen molar-refractivity contribution >= 4 is 16.6 Å². The zero-order valence-electron chi connectivity index (χ0n) is 21.6. The molecule has 2 aromatic carbocycles. The zero-order chi connectivity index (χ0) is 25.9. The monoisotopic (exact) mass is 515 g/mol. The Morgan fingerprint density at radius 2 is 1.95 bits per heavy atom. The molecule has 10 heteroatoms. The van der Waals surface area contributed by atoms with Gasteiger partial charge in [-0.25, -0.2) is 4.68 Å². The van der Waals surface area contributed by atoms with Gasteiger partial charge in [-0.2, -0.15) is 0 Å². The van der Waals surface area contributed by atoms with Crippen molar-refractivity contribution in [2.75, 3.05) is 44.3 Å². The number of tetrazole rings is 1. The molecule has 0 aliphatic carbocycles. The van der Waals surface area contributed by atoms with Gasteiger partial charge in [0.05, 0.1) is 19.3 Å². The number of aromatic amines is 1. The van der Waals surface area contributed by atoms with Crippen molar-refractivity contribution in [3.8, 4) is 5.75 Å². The van der Waals surface area contributed by atoms with Gasteiger partial charge in [-0.1, -0.05) is 18.2 Å². The molecular weight excluding hydrogens is 482 g/mol. The van der Waals surface area contributed by atoms with Gasteiger partial charge in [-0.15, -0.1) is 5.10 Å². The SMILES string of the molecule is CCOc1ccc2[nH]c(=O)c(C(c3nnnn3CC3CCCO3)N3CCN(c4ccccc4)CC3)cc2c1. The van der Waals surface area contributed by atoms with Crippen LogP contribution in [0.2, 0.25) is 0 Å². The predicted molar refractivity (Wildman–Crippen MR) is 145 cm³/mol. The summed E-state index contributed by atoms with van der Waals surface area (Å²) in [4.78, 5) is 21.3. The molecular formula is C28H33N7O3.